The zero-order valence-corrected chi connectivity index (χ0v) is 9.93. The molecule has 0 aliphatic rings. The molecule has 4 nitrogen and oxygen atoms in total. The number of aryl methyl sites for hydroxylation is 1. The molecular weight excluding hydrogens is 210 g/mol. The van der Waals surface area contributed by atoms with Crippen LogP contribution in [0.1, 0.15) is 23.7 Å². The Morgan fingerprint density at radius 3 is 3.00 bits per heavy atom. The second-order valence-corrected chi connectivity index (χ2v) is 4.60. The molecule has 0 bridgehead atoms. The molecule has 0 aliphatic heterocycles. The summed E-state index contributed by atoms with van der Waals surface area (Å²) in [6, 6.07) is -0.438. The number of hydrogen-bond acceptors (Lipinski definition) is 4. The first kappa shape index (κ1) is 12.1. The van der Waals surface area contributed by atoms with E-state index in [1.54, 1.807) is 18.3 Å². The Morgan fingerprint density at radius 2 is 2.47 bits per heavy atom. The van der Waals surface area contributed by atoms with Crippen molar-refractivity contribution in [2.24, 2.45) is 5.73 Å². The van der Waals surface area contributed by atoms with Gasteiger partial charge < -0.3 is 11.1 Å². The Kier molecular flexibility index (Phi) is 4.71. The summed E-state index contributed by atoms with van der Waals surface area (Å²) in [4.78, 5) is 16.7. The second-order valence-electron chi connectivity index (χ2n) is 3.40. The molecule has 0 fully saturated rings. The molecule has 1 aromatic heterocycles. The normalized spacial score (nSPS) is 12.5. The van der Waals surface area contributed by atoms with Crippen molar-refractivity contribution >= 4 is 17.2 Å². The number of rotatable bonds is 5. The molecule has 15 heavy (non-hydrogen) atoms. The van der Waals surface area contributed by atoms with Crippen LogP contribution in [-0.2, 0) is 17.6 Å². The van der Waals surface area contributed by atoms with Gasteiger partial charge in [0, 0.05) is 24.0 Å². The van der Waals surface area contributed by atoms with Crippen molar-refractivity contribution in [1.29, 1.82) is 0 Å². The maximum absolute atomic E-state index is 11.1. The molecule has 0 aliphatic carbocycles. The fraction of sp³-hybridized carbons (Fsp3) is 0.600. The second kappa shape index (κ2) is 5.82. The largest absolute Gasteiger partial charge is 0.354 e. The van der Waals surface area contributed by atoms with Crippen molar-refractivity contribution in [1.82, 2.24) is 10.3 Å². The molecule has 84 valence electrons. The third-order valence-electron chi connectivity index (χ3n) is 2.00. The minimum atomic E-state index is -0.438. The van der Waals surface area contributed by atoms with Gasteiger partial charge in [-0.05, 0) is 13.3 Å². The molecule has 0 unspecified atom stereocenters. The number of carbonyl (C=O) groups excluding carboxylic acids is 1. The zero-order chi connectivity index (χ0) is 11.3. The minimum absolute atomic E-state index is 0.109. The minimum Gasteiger partial charge on any atom is -0.354 e. The van der Waals surface area contributed by atoms with Crippen molar-refractivity contribution in [2.75, 3.05) is 6.54 Å². The van der Waals surface area contributed by atoms with Crippen molar-refractivity contribution in [3.8, 4) is 0 Å². The molecule has 0 aromatic carbocycles. The number of aromatic nitrogens is 1. The van der Waals surface area contributed by atoms with Gasteiger partial charge in [-0.2, -0.15) is 0 Å². The molecule has 1 heterocycles. The number of carbonyl (C=O) groups is 1. The molecule has 0 saturated carbocycles. The summed E-state index contributed by atoms with van der Waals surface area (Å²) in [6.45, 7) is 4.39. The number of hydrogen-bond donors (Lipinski definition) is 2. The maximum atomic E-state index is 11.1. The van der Waals surface area contributed by atoms with E-state index < -0.39 is 6.04 Å². The third-order valence-corrected chi connectivity index (χ3v) is 3.20. The highest BCUT2D eigenvalue weighted by Crippen LogP contribution is 2.13. The monoisotopic (exact) mass is 227 g/mol. The smallest absolute Gasteiger partial charge is 0.236 e. The highest BCUT2D eigenvalue weighted by Gasteiger charge is 2.06. The Bertz CT molecular complexity index is 322. The lowest BCUT2D eigenvalue weighted by atomic mass is 10.3. The first-order valence-corrected chi connectivity index (χ1v) is 5.92. The van der Waals surface area contributed by atoms with Crippen LogP contribution in [0.4, 0.5) is 0 Å². The first-order chi connectivity index (χ1) is 7.13. The van der Waals surface area contributed by atoms with Crippen LogP contribution in [0.25, 0.3) is 0 Å². The first-order valence-electron chi connectivity index (χ1n) is 5.10. The molecule has 0 saturated heterocycles. The summed E-state index contributed by atoms with van der Waals surface area (Å²) in [6.07, 6.45) is 3.69. The topological polar surface area (TPSA) is 68.0 Å². The van der Waals surface area contributed by atoms with E-state index in [0.717, 1.165) is 17.8 Å². The fourth-order valence-electron chi connectivity index (χ4n) is 1.08. The summed E-state index contributed by atoms with van der Waals surface area (Å²) >= 11 is 1.70. The van der Waals surface area contributed by atoms with Crippen LogP contribution >= 0.6 is 11.3 Å². The van der Waals surface area contributed by atoms with Gasteiger partial charge in [0.05, 0.1) is 11.0 Å². The molecule has 3 N–H and O–H groups in total. The molecule has 0 radical (unpaired) electrons. The van der Waals surface area contributed by atoms with Crippen molar-refractivity contribution in [3.05, 3.63) is 16.1 Å². The molecule has 1 amide bonds. The van der Waals surface area contributed by atoms with Crippen LogP contribution in [0.5, 0.6) is 0 Å². The van der Waals surface area contributed by atoms with Crippen LogP contribution in [-0.4, -0.2) is 23.5 Å². The maximum Gasteiger partial charge on any atom is 0.236 e. The van der Waals surface area contributed by atoms with Gasteiger partial charge in [0.1, 0.15) is 0 Å². The summed E-state index contributed by atoms with van der Waals surface area (Å²) in [7, 11) is 0. The van der Waals surface area contributed by atoms with Crippen LogP contribution in [0.15, 0.2) is 6.20 Å². The quantitative estimate of drug-likeness (QED) is 0.778. The van der Waals surface area contributed by atoms with E-state index in [0.29, 0.717) is 6.54 Å². The van der Waals surface area contributed by atoms with Gasteiger partial charge >= 0.3 is 0 Å². The van der Waals surface area contributed by atoms with Gasteiger partial charge in [0.2, 0.25) is 5.91 Å². The van der Waals surface area contributed by atoms with Crippen LogP contribution in [0, 0.1) is 0 Å². The number of thiazole rings is 1. The number of nitrogens with one attached hydrogen (secondary N) is 1. The average molecular weight is 227 g/mol. The van der Waals surface area contributed by atoms with Gasteiger partial charge in [-0.3, -0.25) is 4.79 Å². The van der Waals surface area contributed by atoms with E-state index in [9.17, 15) is 4.79 Å². The lowest BCUT2D eigenvalue weighted by Gasteiger charge is -2.05. The summed E-state index contributed by atoms with van der Waals surface area (Å²) < 4.78 is 0. The van der Waals surface area contributed by atoms with Crippen LogP contribution < -0.4 is 11.1 Å². The predicted octanol–water partition coefficient (Wildman–Crippen LogP) is 0.711. The SMILES string of the molecule is CCc1cnc(CCNC(=O)[C@@H](C)N)s1. The molecule has 1 atom stereocenters. The van der Waals surface area contributed by atoms with Gasteiger partial charge in [-0.1, -0.05) is 6.92 Å². The lowest BCUT2D eigenvalue weighted by Crippen LogP contribution is -2.39. The summed E-state index contributed by atoms with van der Waals surface area (Å²) in [5.41, 5.74) is 5.42. The van der Waals surface area contributed by atoms with Crippen molar-refractivity contribution in [3.63, 3.8) is 0 Å². The average Bonchev–Trinajstić information content (AvgIpc) is 2.65. The van der Waals surface area contributed by atoms with Crippen molar-refractivity contribution < 1.29 is 4.79 Å². The summed E-state index contributed by atoms with van der Waals surface area (Å²) in [5, 5.41) is 3.83. The van der Waals surface area contributed by atoms with Gasteiger partial charge in [-0.15, -0.1) is 11.3 Å². The Labute approximate surface area is 93.9 Å². The molecular formula is C10H17N3OS. The fourth-order valence-corrected chi connectivity index (χ4v) is 1.94. The number of amides is 1. The van der Waals surface area contributed by atoms with Gasteiger partial charge in [0.15, 0.2) is 0 Å². The van der Waals surface area contributed by atoms with E-state index in [4.69, 9.17) is 5.73 Å². The number of nitrogens with two attached hydrogens (primary N) is 1. The predicted molar refractivity (Wildman–Crippen MR) is 61.9 cm³/mol. The highest BCUT2D eigenvalue weighted by atomic mass is 32.1. The Hall–Kier alpha value is -0.940. The van der Waals surface area contributed by atoms with E-state index in [-0.39, 0.29) is 5.91 Å². The standard InChI is InChI=1S/C10H17N3OS/c1-3-8-6-13-9(15-8)4-5-12-10(14)7(2)11/h6-7H,3-5,11H2,1-2H3,(H,12,14)/t7-/m1/s1. The van der Waals surface area contributed by atoms with E-state index >= 15 is 0 Å². The molecule has 0 spiro atoms. The highest BCUT2D eigenvalue weighted by molar-refractivity contribution is 7.11. The zero-order valence-electron chi connectivity index (χ0n) is 9.12. The number of nitrogens with zero attached hydrogens (tertiary/aromatic N) is 1. The molecule has 1 rings (SSSR count). The Morgan fingerprint density at radius 1 is 1.73 bits per heavy atom. The third kappa shape index (κ3) is 3.97. The van der Waals surface area contributed by atoms with Gasteiger partial charge in [0.25, 0.3) is 0 Å². The Balaban J connectivity index is 2.28. The van der Waals surface area contributed by atoms with Crippen LogP contribution in [0.2, 0.25) is 0 Å². The molecule has 1 aromatic rings. The van der Waals surface area contributed by atoms with E-state index in [2.05, 4.69) is 17.2 Å². The molecule has 5 heteroatoms. The lowest BCUT2D eigenvalue weighted by molar-refractivity contribution is -0.121. The van der Waals surface area contributed by atoms with Crippen LogP contribution in [0.3, 0.4) is 0 Å². The van der Waals surface area contributed by atoms with Crippen molar-refractivity contribution in [2.45, 2.75) is 32.7 Å². The van der Waals surface area contributed by atoms with E-state index in [1.165, 1.54) is 4.88 Å². The van der Waals surface area contributed by atoms with Gasteiger partial charge in [-0.25, -0.2) is 4.98 Å². The summed E-state index contributed by atoms with van der Waals surface area (Å²) in [5.74, 6) is -0.109. The van der Waals surface area contributed by atoms with E-state index in [1.807, 2.05) is 6.20 Å².